The van der Waals surface area contributed by atoms with Crippen molar-refractivity contribution < 1.29 is 5.11 Å². The van der Waals surface area contributed by atoms with E-state index in [1.54, 1.807) is 19.1 Å². The summed E-state index contributed by atoms with van der Waals surface area (Å²) in [4.78, 5) is 7.14. The van der Waals surface area contributed by atoms with E-state index < -0.39 is 0 Å². The average Bonchev–Trinajstić information content (AvgIpc) is 2.92. The molecule has 0 fully saturated rings. The molecule has 0 radical (unpaired) electrons. The molecule has 1 aromatic heterocycles. The van der Waals surface area contributed by atoms with Gasteiger partial charge < -0.3 is 10.0 Å². The minimum absolute atomic E-state index is 0.297. The molecule has 0 spiro atoms. The van der Waals surface area contributed by atoms with Crippen molar-refractivity contribution in [3.8, 4) is 0 Å². The maximum Gasteiger partial charge on any atom is 0.0920 e. The summed E-state index contributed by atoms with van der Waals surface area (Å²) in [7, 11) is 0. The highest BCUT2D eigenvalue weighted by Gasteiger charge is 2.28. The minimum atomic E-state index is 0.297. The van der Waals surface area contributed by atoms with Gasteiger partial charge in [0.25, 0.3) is 0 Å². The Morgan fingerprint density at radius 3 is 2.43 bits per heavy atom. The smallest absolute Gasteiger partial charge is 0.0920 e. The number of hydrogen-bond acceptors (Lipinski definition) is 3. The van der Waals surface area contributed by atoms with Gasteiger partial charge in [-0.05, 0) is 44.9 Å². The predicted octanol–water partition coefficient (Wildman–Crippen LogP) is 5.43. The largest absolute Gasteiger partial charge is 0.513 e. The summed E-state index contributed by atoms with van der Waals surface area (Å²) >= 11 is 0. The van der Waals surface area contributed by atoms with Gasteiger partial charge in [-0.15, -0.1) is 0 Å². The summed E-state index contributed by atoms with van der Waals surface area (Å²) in [5, 5.41) is 9.67. The Morgan fingerprint density at radius 1 is 1.35 bits per heavy atom. The molecule has 3 nitrogen and oxygen atoms in total. The van der Waals surface area contributed by atoms with Crippen molar-refractivity contribution in [3.63, 3.8) is 0 Å². The van der Waals surface area contributed by atoms with E-state index in [9.17, 15) is 5.11 Å². The zero-order valence-corrected chi connectivity index (χ0v) is 15.4. The van der Waals surface area contributed by atoms with E-state index in [0.29, 0.717) is 5.76 Å². The summed E-state index contributed by atoms with van der Waals surface area (Å²) in [5.74, 6) is 0.297. The molecule has 1 aromatic rings. The fourth-order valence-electron chi connectivity index (χ4n) is 3.05. The number of pyridine rings is 1. The second-order valence-electron chi connectivity index (χ2n) is 5.25. The highest BCUT2D eigenvalue weighted by atomic mass is 16.3. The molecule has 126 valence electrons. The molecule has 23 heavy (non-hydrogen) atoms. The van der Waals surface area contributed by atoms with Gasteiger partial charge in [-0.1, -0.05) is 33.4 Å². The molecular formula is C20H30N2O. The van der Waals surface area contributed by atoms with E-state index in [1.165, 1.54) is 16.8 Å². The van der Waals surface area contributed by atoms with Crippen LogP contribution in [0.25, 0.3) is 17.8 Å². The molecule has 1 aliphatic heterocycles. The standard InChI is InChI=1S/C18H24N2O.C2H6/c1-6-13-14(10-12(5)21)16(7-2)19-18-15(13)11-20(9-4)17(18)8-3;1-2/h7-8,10,21H,2,6,9,11H2,1,3-5H3;1-2H3/b12-10+,17-8-;. The van der Waals surface area contributed by atoms with E-state index in [1.807, 2.05) is 13.8 Å². The normalized spacial score (nSPS) is 15.3. The van der Waals surface area contributed by atoms with Crippen LogP contribution in [0.2, 0.25) is 0 Å². The second kappa shape index (κ2) is 8.56. The summed E-state index contributed by atoms with van der Waals surface area (Å²) in [6.45, 7) is 17.8. The van der Waals surface area contributed by atoms with Crippen LogP contribution >= 0.6 is 0 Å². The molecule has 0 saturated heterocycles. The van der Waals surface area contributed by atoms with Gasteiger partial charge in [0.2, 0.25) is 0 Å². The first-order valence-corrected chi connectivity index (χ1v) is 8.54. The first kappa shape index (κ1) is 19.0. The second-order valence-corrected chi connectivity index (χ2v) is 5.25. The molecule has 0 unspecified atom stereocenters. The van der Waals surface area contributed by atoms with Crippen molar-refractivity contribution in [2.24, 2.45) is 0 Å². The molecule has 0 saturated carbocycles. The Bertz CT molecular complexity index is 623. The molecule has 2 rings (SSSR count). The van der Waals surface area contributed by atoms with Gasteiger partial charge in [0.15, 0.2) is 0 Å². The van der Waals surface area contributed by atoms with Crippen LogP contribution < -0.4 is 0 Å². The SMILES string of the molecule is C=Cc1nc2c(c(CC)c1/C=C(\C)O)CN(CC)/C2=C\C.CC. The van der Waals surface area contributed by atoms with Crippen LogP contribution in [-0.2, 0) is 13.0 Å². The lowest BCUT2D eigenvalue weighted by Gasteiger charge is -2.16. The molecule has 1 N–H and O–H groups in total. The molecule has 0 aliphatic carbocycles. The third-order valence-corrected chi connectivity index (χ3v) is 3.97. The molecular weight excluding hydrogens is 284 g/mol. The number of rotatable bonds is 4. The lowest BCUT2D eigenvalue weighted by atomic mass is 9.96. The highest BCUT2D eigenvalue weighted by molar-refractivity contribution is 5.75. The molecule has 2 heterocycles. The Kier molecular flexibility index (Phi) is 7.08. The van der Waals surface area contributed by atoms with Crippen LogP contribution in [0.3, 0.4) is 0 Å². The van der Waals surface area contributed by atoms with Crippen LogP contribution in [0.4, 0.5) is 0 Å². The van der Waals surface area contributed by atoms with Crippen molar-refractivity contribution in [2.45, 2.75) is 54.5 Å². The van der Waals surface area contributed by atoms with Gasteiger partial charge in [0, 0.05) is 24.2 Å². The van der Waals surface area contributed by atoms with E-state index in [2.05, 4.69) is 38.3 Å². The van der Waals surface area contributed by atoms with Gasteiger partial charge in [0.1, 0.15) is 0 Å². The first-order valence-electron chi connectivity index (χ1n) is 8.54. The summed E-state index contributed by atoms with van der Waals surface area (Å²) in [6, 6.07) is 0. The molecule has 1 aliphatic rings. The average molecular weight is 314 g/mol. The van der Waals surface area contributed by atoms with Crippen molar-refractivity contribution in [3.05, 3.63) is 46.5 Å². The van der Waals surface area contributed by atoms with Crippen LogP contribution in [0, 0.1) is 0 Å². The van der Waals surface area contributed by atoms with E-state index in [-0.39, 0.29) is 0 Å². The first-order chi connectivity index (χ1) is 11.1. The quantitative estimate of drug-likeness (QED) is 0.753. The Labute approximate surface area is 141 Å². The number of hydrogen-bond donors (Lipinski definition) is 1. The number of allylic oxidation sites excluding steroid dienone is 2. The zero-order valence-electron chi connectivity index (χ0n) is 15.4. The number of aromatic nitrogens is 1. The number of aliphatic hydroxyl groups is 1. The third kappa shape index (κ3) is 3.66. The predicted molar refractivity (Wildman–Crippen MR) is 101 cm³/mol. The Balaban J connectivity index is 0.00000127. The topological polar surface area (TPSA) is 36.4 Å². The van der Waals surface area contributed by atoms with Gasteiger partial charge in [-0.25, -0.2) is 4.98 Å². The molecule has 0 atom stereocenters. The molecule has 0 aromatic carbocycles. The number of fused-ring (bicyclic) bond motifs is 1. The molecule has 3 heteroatoms. The summed E-state index contributed by atoms with van der Waals surface area (Å²) < 4.78 is 0. The van der Waals surface area contributed by atoms with Crippen LogP contribution in [0.15, 0.2) is 18.4 Å². The zero-order chi connectivity index (χ0) is 17.6. The van der Waals surface area contributed by atoms with Gasteiger partial charge in [-0.2, -0.15) is 0 Å². The third-order valence-electron chi connectivity index (χ3n) is 3.97. The van der Waals surface area contributed by atoms with E-state index in [0.717, 1.165) is 36.5 Å². The van der Waals surface area contributed by atoms with Crippen molar-refractivity contribution in [1.29, 1.82) is 0 Å². The van der Waals surface area contributed by atoms with Gasteiger partial charge in [0.05, 0.1) is 22.8 Å². The maximum atomic E-state index is 9.67. The summed E-state index contributed by atoms with van der Waals surface area (Å²) in [5.41, 5.74) is 6.65. The van der Waals surface area contributed by atoms with E-state index in [4.69, 9.17) is 4.98 Å². The Hall–Kier alpha value is -2.03. The lowest BCUT2D eigenvalue weighted by molar-refractivity contribution is 0.419. The van der Waals surface area contributed by atoms with Crippen molar-refractivity contribution in [2.75, 3.05) is 6.54 Å². The highest BCUT2D eigenvalue weighted by Crippen LogP contribution is 2.36. The van der Waals surface area contributed by atoms with Gasteiger partial charge in [-0.3, -0.25) is 0 Å². The van der Waals surface area contributed by atoms with Gasteiger partial charge >= 0.3 is 0 Å². The number of aliphatic hydroxyl groups excluding tert-OH is 1. The van der Waals surface area contributed by atoms with Crippen LogP contribution in [-0.4, -0.2) is 21.5 Å². The fraction of sp³-hybridized carbons (Fsp3) is 0.450. The molecule has 0 amide bonds. The van der Waals surface area contributed by atoms with Crippen LogP contribution in [0.1, 0.15) is 69.6 Å². The van der Waals surface area contributed by atoms with Crippen molar-refractivity contribution in [1.82, 2.24) is 9.88 Å². The maximum absolute atomic E-state index is 9.67. The van der Waals surface area contributed by atoms with Crippen LogP contribution in [0.5, 0.6) is 0 Å². The van der Waals surface area contributed by atoms with E-state index >= 15 is 0 Å². The number of nitrogens with zero attached hydrogens (tertiary/aromatic N) is 2. The lowest BCUT2D eigenvalue weighted by Crippen LogP contribution is -2.14. The van der Waals surface area contributed by atoms with Crippen molar-refractivity contribution >= 4 is 17.8 Å². The molecule has 0 bridgehead atoms. The summed E-state index contributed by atoms with van der Waals surface area (Å²) in [6.07, 6.45) is 6.62. The monoisotopic (exact) mass is 314 g/mol. The minimum Gasteiger partial charge on any atom is -0.513 e. The fourth-order valence-corrected chi connectivity index (χ4v) is 3.05. The Morgan fingerprint density at radius 2 is 2.00 bits per heavy atom.